The molecule has 0 N–H and O–H groups in total. The average Bonchev–Trinajstić information content (AvgIpc) is 3.11. The van der Waals surface area contributed by atoms with Gasteiger partial charge in [0, 0.05) is 17.1 Å². The van der Waals surface area contributed by atoms with Crippen LogP contribution < -0.4 is 4.90 Å². The van der Waals surface area contributed by atoms with E-state index in [1.807, 2.05) is 81.4 Å². The van der Waals surface area contributed by atoms with Gasteiger partial charge in [-0.05, 0) is 58.7 Å². The first-order valence-corrected chi connectivity index (χ1v) is 15.5. The SMILES string of the molecule is CC.CC.CC.CC.CC.c1ccc(-c2ccc(N(c3ccccc3)c3ccc(-c4ccccc4)cc3)cc2)cc1. The zero-order valence-electron chi connectivity index (χ0n) is 27.2. The first-order valence-electron chi connectivity index (χ1n) is 15.5. The van der Waals surface area contributed by atoms with Crippen LogP contribution in [0.3, 0.4) is 0 Å². The van der Waals surface area contributed by atoms with Crippen LogP contribution in [0.4, 0.5) is 17.1 Å². The molecular weight excluding hydrogens is 494 g/mol. The van der Waals surface area contributed by atoms with Crippen molar-refractivity contribution in [2.24, 2.45) is 0 Å². The summed E-state index contributed by atoms with van der Waals surface area (Å²) in [5.74, 6) is 0. The summed E-state index contributed by atoms with van der Waals surface area (Å²) in [6.45, 7) is 20.0. The van der Waals surface area contributed by atoms with Crippen molar-refractivity contribution >= 4 is 17.1 Å². The number of nitrogens with zero attached hydrogens (tertiary/aromatic N) is 1. The van der Waals surface area contributed by atoms with E-state index in [1.54, 1.807) is 0 Å². The highest BCUT2D eigenvalue weighted by atomic mass is 15.1. The Balaban J connectivity index is 0.00000145. The molecule has 0 spiro atoms. The van der Waals surface area contributed by atoms with E-state index >= 15 is 0 Å². The smallest absolute Gasteiger partial charge is 0.0462 e. The van der Waals surface area contributed by atoms with Crippen LogP contribution in [0, 0.1) is 0 Å². The fraction of sp³-hybridized carbons (Fsp3) is 0.250. The Bertz CT molecular complexity index is 1140. The molecule has 1 nitrogen and oxygen atoms in total. The lowest BCUT2D eigenvalue weighted by molar-refractivity contribution is 1.28. The maximum absolute atomic E-state index is 2.30. The van der Waals surface area contributed by atoms with Gasteiger partial charge >= 0.3 is 0 Å². The van der Waals surface area contributed by atoms with Gasteiger partial charge in [-0.2, -0.15) is 0 Å². The van der Waals surface area contributed by atoms with E-state index in [2.05, 4.69) is 132 Å². The molecule has 218 valence electrons. The second-order valence-corrected chi connectivity index (χ2v) is 7.50. The average molecular weight is 548 g/mol. The van der Waals surface area contributed by atoms with Gasteiger partial charge in [0.05, 0.1) is 0 Å². The Labute approximate surface area is 252 Å². The van der Waals surface area contributed by atoms with Crippen LogP contribution in [0.1, 0.15) is 69.2 Å². The Morgan fingerprint density at radius 2 is 0.463 bits per heavy atom. The quantitative estimate of drug-likeness (QED) is 0.211. The Kier molecular flexibility index (Phi) is 21.4. The van der Waals surface area contributed by atoms with Crippen molar-refractivity contribution in [1.29, 1.82) is 0 Å². The van der Waals surface area contributed by atoms with Crippen LogP contribution in [0.15, 0.2) is 140 Å². The second kappa shape index (κ2) is 23.8. The lowest BCUT2D eigenvalue weighted by Gasteiger charge is -2.26. The van der Waals surface area contributed by atoms with Crippen LogP contribution >= 0.6 is 0 Å². The van der Waals surface area contributed by atoms with Gasteiger partial charge < -0.3 is 4.90 Å². The van der Waals surface area contributed by atoms with E-state index in [9.17, 15) is 0 Å². The normalized spacial score (nSPS) is 8.73. The van der Waals surface area contributed by atoms with Gasteiger partial charge in [0.2, 0.25) is 0 Å². The molecular formula is C40H53N. The first kappa shape index (κ1) is 36.9. The molecule has 0 aliphatic heterocycles. The first-order chi connectivity index (χ1) is 20.4. The minimum absolute atomic E-state index is 1.14. The number of hydrogen-bond donors (Lipinski definition) is 0. The van der Waals surface area contributed by atoms with E-state index in [1.165, 1.54) is 22.3 Å². The molecule has 0 heterocycles. The molecule has 0 aliphatic rings. The van der Waals surface area contributed by atoms with Crippen molar-refractivity contribution in [2.75, 3.05) is 4.90 Å². The summed E-state index contributed by atoms with van der Waals surface area (Å²) in [5.41, 5.74) is 8.31. The topological polar surface area (TPSA) is 3.24 Å². The maximum Gasteiger partial charge on any atom is 0.0462 e. The van der Waals surface area contributed by atoms with Crippen molar-refractivity contribution in [2.45, 2.75) is 69.2 Å². The molecule has 0 fully saturated rings. The molecule has 0 radical (unpaired) electrons. The summed E-state index contributed by atoms with van der Waals surface area (Å²) in [6, 6.07) is 49.1. The monoisotopic (exact) mass is 547 g/mol. The van der Waals surface area contributed by atoms with E-state index in [-0.39, 0.29) is 0 Å². The fourth-order valence-electron chi connectivity index (χ4n) is 3.89. The third kappa shape index (κ3) is 11.5. The molecule has 1 heteroatoms. The lowest BCUT2D eigenvalue weighted by Crippen LogP contribution is -2.09. The highest BCUT2D eigenvalue weighted by Gasteiger charge is 2.12. The molecule has 0 aliphatic carbocycles. The van der Waals surface area contributed by atoms with Gasteiger partial charge in [-0.15, -0.1) is 0 Å². The number of hydrogen-bond acceptors (Lipinski definition) is 1. The molecule has 41 heavy (non-hydrogen) atoms. The highest BCUT2D eigenvalue weighted by molar-refractivity contribution is 5.79. The summed E-state index contributed by atoms with van der Waals surface area (Å²) in [5, 5.41) is 0. The van der Waals surface area contributed by atoms with Gasteiger partial charge in [0.25, 0.3) is 0 Å². The molecule has 5 aromatic carbocycles. The molecule has 0 bridgehead atoms. The van der Waals surface area contributed by atoms with Gasteiger partial charge in [-0.1, -0.05) is 172 Å². The van der Waals surface area contributed by atoms with Crippen LogP contribution in [0.5, 0.6) is 0 Å². The minimum atomic E-state index is 1.14. The van der Waals surface area contributed by atoms with Crippen LogP contribution in [0.25, 0.3) is 22.3 Å². The molecule has 5 aromatic rings. The van der Waals surface area contributed by atoms with E-state index in [4.69, 9.17) is 0 Å². The van der Waals surface area contributed by atoms with Crippen LogP contribution in [-0.4, -0.2) is 0 Å². The van der Waals surface area contributed by atoms with E-state index < -0.39 is 0 Å². The van der Waals surface area contributed by atoms with Gasteiger partial charge in [-0.25, -0.2) is 0 Å². The van der Waals surface area contributed by atoms with Crippen molar-refractivity contribution in [3.63, 3.8) is 0 Å². The predicted octanol–water partition coefficient (Wildman–Crippen LogP) is 13.6. The highest BCUT2D eigenvalue weighted by Crippen LogP contribution is 2.36. The van der Waals surface area contributed by atoms with Crippen LogP contribution in [-0.2, 0) is 0 Å². The fourth-order valence-corrected chi connectivity index (χ4v) is 3.89. The van der Waals surface area contributed by atoms with Crippen LogP contribution in [0.2, 0.25) is 0 Å². The number of para-hydroxylation sites is 1. The van der Waals surface area contributed by atoms with E-state index in [0.717, 1.165) is 17.1 Å². The number of benzene rings is 5. The summed E-state index contributed by atoms with van der Waals surface area (Å²) in [4.78, 5) is 2.30. The molecule has 0 aromatic heterocycles. The van der Waals surface area contributed by atoms with Crippen molar-refractivity contribution in [1.82, 2.24) is 0 Å². The van der Waals surface area contributed by atoms with Gasteiger partial charge in [0.1, 0.15) is 0 Å². The van der Waals surface area contributed by atoms with Crippen molar-refractivity contribution in [3.05, 3.63) is 140 Å². The molecule has 0 amide bonds. The summed E-state index contributed by atoms with van der Waals surface area (Å²) < 4.78 is 0. The summed E-state index contributed by atoms with van der Waals surface area (Å²) >= 11 is 0. The Morgan fingerprint density at radius 3 is 0.756 bits per heavy atom. The van der Waals surface area contributed by atoms with Crippen molar-refractivity contribution in [3.8, 4) is 22.3 Å². The number of rotatable bonds is 5. The molecule has 0 saturated carbocycles. The zero-order chi connectivity index (χ0) is 30.9. The largest absolute Gasteiger partial charge is 0.311 e. The standard InChI is InChI=1S/C30H23N.5C2H6/c1-4-10-24(11-5-1)26-16-20-29(21-17-26)31(28-14-8-3-9-15-28)30-22-18-27(19-23-30)25-12-6-2-7-13-25;5*1-2/h1-23H;5*1-2H3. The van der Waals surface area contributed by atoms with Crippen molar-refractivity contribution < 1.29 is 0 Å². The third-order valence-corrected chi connectivity index (χ3v) is 5.48. The molecule has 0 atom stereocenters. The predicted molar refractivity (Wildman–Crippen MR) is 189 cm³/mol. The van der Waals surface area contributed by atoms with Gasteiger partial charge in [0.15, 0.2) is 0 Å². The lowest BCUT2D eigenvalue weighted by atomic mass is 10.0. The summed E-state index contributed by atoms with van der Waals surface area (Å²) in [6.07, 6.45) is 0. The Hall–Kier alpha value is -4.10. The third-order valence-electron chi connectivity index (χ3n) is 5.48. The number of anilines is 3. The zero-order valence-corrected chi connectivity index (χ0v) is 27.2. The van der Waals surface area contributed by atoms with E-state index in [0.29, 0.717) is 0 Å². The Morgan fingerprint density at radius 1 is 0.244 bits per heavy atom. The van der Waals surface area contributed by atoms with Gasteiger partial charge in [-0.3, -0.25) is 0 Å². The maximum atomic E-state index is 2.30. The molecule has 5 rings (SSSR count). The summed E-state index contributed by atoms with van der Waals surface area (Å²) in [7, 11) is 0. The molecule has 0 saturated heterocycles. The minimum Gasteiger partial charge on any atom is -0.311 e. The molecule has 0 unspecified atom stereocenters. The second-order valence-electron chi connectivity index (χ2n) is 7.50.